The lowest BCUT2D eigenvalue weighted by Gasteiger charge is -2.06. The van der Waals surface area contributed by atoms with Gasteiger partial charge in [-0.3, -0.25) is 4.55 Å². The highest BCUT2D eigenvalue weighted by Crippen LogP contribution is 2.17. The van der Waals surface area contributed by atoms with E-state index >= 15 is 0 Å². The van der Waals surface area contributed by atoms with Crippen LogP contribution >= 0.6 is 0 Å². The predicted octanol–water partition coefficient (Wildman–Crippen LogP) is 1.13. The van der Waals surface area contributed by atoms with E-state index in [2.05, 4.69) is 0 Å². The topological polar surface area (TPSA) is 63.6 Å². The summed E-state index contributed by atoms with van der Waals surface area (Å²) in [7, 11) is -2.38. The monoisotopic (exact) mass is 216 g/mol. The van der Waals surface area contributed by atoms with Gasteiger partial charge in [-0.2, -0.15) is 8.42 Å². The molecule has 0 aliphatic rings. The summed E-state index contributed by atoms with van der Waals surface area (Å²) in [5, 5.41) is 0. The first-order valence-corrected chi connectivity index (χ1v) is 5.71. The van der Waals surface area contributed by atoms with Gasteiger partial charge in [-0.15, -0.1) is 0 Å². The van der Waals surface area contributed by atoms with Crippen molar-refractivity contribution >= 4 is 10.1 Å². The van der Waals surface area contributed by atoms with Gasteiger partial charge in [-0.1, -0.05) is 18.2 Å². The van der Waals surface area contributed by atoms with Crippen LogP contribution in [0.1, 0.15) is 5.56 Å². The number of methoxy groups -OCH3 is 1. The molecule has 1 aromatic carbocycles. The first-order valence-electron chi connectivity index (χ1n) is 4.10. The summed E-state index contributed by atoms with van der Waals surface area (Å²) in [6.45, 7) is 0. The van der Waals surface area contributed by atoms with E-state index in [1.54, 1.807) is 24.3 Å². The van der Waals surface area contributed by atoms with E-state index in [0.717, 1.165) is 5.56 Å². The highest BCUT2D eigenvalue weighted by atomic mass is 32.2. The molecule has 14 heavy (non-hydrogen) atoms. The van der Waals surface area contributed by atoms with Gasteiger partial charge < -0.3 is 4.74 Å². The van der Waals surface area contributed by atoms with Crippen molar-refractivity contribution in [3.63, 3.8) is 0 Å². The number of benzene rings is 1. The van der Waals surface area contributed by atoms with Crippen molar-refractivity contribution in [2.75, 3.05) is 12.9 Å². The molecular weight excluding hydrogens is 204 g/mol. The average molecular weight is 216 g/mol. The maximum Gasteiger partial charge on any atom is 0.265 e. The Morgan fingerprint density at radius 3 is 2.57 bits per heavy atom. The molecule has 0 radical (unpaired) electrons. The Labute approximate surface area is 83.3 Å². The second-order valence-corrected chi connectivity index (χ2v) is 4.42. The van der Waals surface area contributed by atoms with Crippen molar-refractivity contribution < 1.29 is 17.7 Å². The third-order valence-corrected chi connectivity index (χ3v) is 2.54. The molecule has 5 heteroatoms. The van der Waals surface area contributed by atoms with E-state index in [4.69, 9.17) is 9.29 Å². The van der Waals surface area contributed by atoms with Crippen molar-refractivity contribution in [1.29, 1.82) is 0 Å². The van der Waals surface area contributed by atoms with Crippen molar-refractivity contribution in [2.24, 2.45) is 0 Å². The first kappa shape index (κ1) is 11.0. The van der Waals surface area contributed by atoms with Gasteiger partial charge in [-0.25, -0.2) is 0 Å². The summed E-state index contributed by atoms with van der Waals surface area (Å²) in [5.41, 5.74) is 0.771. The van der Waals surface area contributed by atoms with Gasteiger partial charge in [0.05, 0.1) is 12.9 Å². The lowest BCUT2D eigenvalue weighted by Crippen LogP contribution is -2.07. The Bertz CT molecular complexity index is 397. The fourth-order valence-electron chi connectivity index (χ4n) is 1.15. The number of para-hydroxylation sites is 1. The summed E-state index contributed by atoms with van der Waals surface area (Å²) >= 11 is 0. The fourth-order valence-corrected chi connectivity index (χ4v) is 1.63. The number of rotatable bonds is 4. The molecule has 0 heterocycles. The summed E-state index contributed by atoms with van der Waals surface area (Å²) < 4.78 is 34.6. The van der Waals surface area contributed by atoms with Gasteiger partial charge in [0.1, 0.15) is 5.75 Å². The van der Waals surface area contributed by atoms with Gasteiger partial charge in [-0.05, 0) is 18.1 Å². The van der Waals surface area contributed by atoms with Gasteiger partial charge in [0.15, 0.2) is 0 Å². The molecule has 1 aromatic rings. The zero-order valence-electron chi connectivity index (χ0n) is 7.80. The van der Waals surface area contributed by atoms with E-state index < -0.39 is 10.1 Å². The summed E-state index contributed by atoms with van der Waals surface area (Å²) in [6.07, 6.45) is 0.253. The Kier molecular flexibility index (Phi) is 3.49. The molecule has 0 amide bonds. The molecule has 0 aliphatic heterocycles. The van der Waals surface area contributed by atoms with Gasteiger partial charge in [0.2, 0.25) is 0 Å². The van der Waals surface area contributed by atoms with Crippen molar-refractivity contribution in [3.05, 3.63) is 29.8 Å². The first-order chi connectivity index (χ1) is 6.53. The van der Waals surface area contributed by atoms with E-state index in [1.807, 2.05) is 0 Å². The lowest BCUT2D eigenvalue weighted by molar-refractivity contribution is 0.410. The highest BCUT2D eigenvalue weighted by Gasteiger charge is 2.07. The molecule has 1 N–H and O–H groups in total. The third kappa shape index (κ3) is 3.35. The van der Waals surface area contributed by atoms with Crippen molar-refractivity contribution in [3.8, 4) is 5.75 Å². The van der Waals surface area contributed by atoms with Crippen LogP contribution in [0, 0.1) is 0 Å². The zero-order valence-corrected chi connectivity index (χ0v) is 8.62. The van der Waals surface area contributed by atoms with Crippen molar-refractivity contribution in [1.82, 2.24) is 0 Å². The predicted molar refractivity (Wildman–Crippen MR) is 53.1 cm³/mol. The molecule has 0 spiro atoms. The van der Waals surface area contributed by atoms with Gasteiger partial charge >= 0.3 is 0 Å². The Morgan fingerprint density at radius 2 is 2.00 bits per heavy atom. The SMILES string of the molecule is COc1ccccc1CCS(=O)(=O)O. The highest BCUT2D eigenvalue weighted by molar-refractivity contribution is 7.85. The van der Waals surface area contributed by atoms with E-state index in [9.17, 15) is 8.42 Å². The molecule has 0 bridgehead atoms. The second-order valence-electron chi connectivity index (χ2n) is 2.85. The average Bonchev–Trinajstić information content (AvgIpc) is 2.14. The minimum atomic E-state index is -3.90. The molecule has 78 valence electrons. The molecule has 4 nitrogen and oxygen atoms in total. The smallest absolute Gasteiger partial charge is 0.265 e. The number of hydrogen-bond donors (Lipinski definition) is 1. The molecule has 0 aliphatic carbocycles. The second kappa shape index (κ2) is 4.43. The fraction of sp³-hybridized carbons (Fsp3) is 0.333. The Balaban J connectivity index is 2.76. The minimum absolute atomic E-state index is 0.253. The van der Waals surface area contributed by atoms with E-state index in [1.165, 1.54) is 7.11 Å². The molecule has 0 saturated carbocycles. The van der Waals surface area contributed by atoms with Gasteiger partial charge in [0, 0.05) is 0 Å². The summed E-state index contributed by atoms with van der Waals surface area (Å²) in [6, 6.07) is 7.11. The third-order valence-electron chi connectivity index (χ3n) is 1.82. The maximum absolute atomic E-state index is 10.5. The quantitative estimate of drug-likeness (QED) is 0.766. The van der Waals surface area contributed by atoms with Crippen molar-refractivity contribution in [2.45, 2.75) is 6.42 Å². The van der Waals surface area contributed by atoms with E-state index in [0.29, 0.717) is 5.75 Å². The number of ether oxygens (including phenoxy) is 1. The maximum atomic E-state index is 10.5. The van der Waals surface area contributed by atoms with Crippen LogP contribution in [0.4, 0.5) is 0 Å². The number of aryl methyl sites for hydroxylation is 1. The lowest BCUT2D eigenvalue weighted by atomic mass is 10.1. The van der Waals surface area contributed by atoms with Crippen LogP contribution in [0.2, 0.25) is 0 Å². The van der Waals surface area contributed by atoms with Crippen LogP contribution in [-0.2, 0) is 16.5 Å². The van der Waals surface area contributed by atoms with Crippen LogP contribution in [0.25, 0.3) is 0 Å². The molecule has 0 fully saturated rings. The molecule has 0 atom stereocenters. The standard InChI is InChI=1S/C9H12O4S/c1-13-9-5-3-2-4-8(9)6-7-14(10,11)12/h2-5H,6-7H2,1H3,(H,10,11,12). The van der Waals surface area contributed by atoms with Crippen LogP contribution in [0.3, 0.4) is 0 Å². The van der Waals surface area contributed by atoms with Crippen LogP contribution in [0.5, 0.6) is 5.75 Å². The van der Waals surface area contributed by atoms with E-state index in [-0.39, 0.29) is 12.2 Å². The van der Waals surface area contributed by atoms with Crippen LogP contribution in [-0.4, -0.2) is 25.8 Å². The Hall–Kier alpha value is -1.07. The largest absolute Gasteiger partial charge is 0.496 e. The van der Waals surface area contributed by atoms with Crippen LogP contribution < -0.4 is 4.74 Å². The molecule has 0 aromatic heterocycles. The zero-order chi connectivity index (χ0) is 10.6. The van der Waals surface area contributed by atoms with Crippen LogP contribution in [0.15, 0.2) is 24.3 Å². The molecular formula is C9H12O4S. The molecule has 0 saturated heterocycles. The normalized spacial score (nSPS) is 11.3. The Morgan fingerprint density at radius 1 is 1.36 bits per heavy atom. The number of hydrogen-bond acceptors (Lipinski definition) is 3. The minimum Gasteiger partial charge on any atom is -0.496 e. The van der Waals surface area contributed by atoms with Gasteiger partial charge in [0.25, 0.3) is 10.1 Å². The molecule has 1 rings (SSSR count). The summed E-state index contributed by atoms with van der Waals surface area (Å²) in [4.78, 5) is 0. The molecule has 0 unspecified atom stereocenters. The summed E-state index contributed by atoms with van der Waals surface area (Å²) in [5.74, 6) is 0.351.